The van der Waals surface area contributed by atoms with Crippen LogP contribution in [0, 0.1) is 0 Å². The molecule has 0 bridgehead atoms. The molecule has 1 aliphatic rings. The Morgan fingerprint density at radius 3 is 2.85 bits per heavy atom. The first-order chi connectivity index (χ1) is 9.65. The Balaban J connectivity index is 1.86. The van der Waals surface area contributed by atoms with E-state index < -0.39 is 0 Å². The molecular weight excluding hydrogens is 246 g/mol. The fourth-order valence-electron chi connectivity index (χ4n) is 2.85. The van der Waals surface area contributed by atoms with Crippen LogP contribution in [0.2, 0.25) is 0 Å². The van der Waals surface area contributed by atoms with Crippen LogP contribution in [0.15, 0.2) is 36.4 Å². The molecule has 1 unspecified atom stereocenters. The van der Waals surface area contributed by atoms with E-state index >= 15 is 0 Å². The Hall–Kier alpha value is -2.03. The fraction of sp³-hybridized carbons (Fsp3) is 0.353. The summed E-state index contributed by atoms with van der Waals surface area (Å²) in [6.07, 6.45) is 3.53. The van der Waals surface area contributed by atoms with E-state index in [1.54, 1.807) is 0 Å². The Bertz CT molecular complexity index is 621. The summed E-state index contributed by atoms with van der Waals surface area (Å²) in [5.74, 6) is 1.04. The minimum Gasteiger partial charge on any atom is -0.399 e. The molecule has 1 aromatic heterocycles. The van der Waals surface area contributed by atoms with E-state index in [4.69, 9.17) is 10.7 Å². The first kappa shape index (κ1) is 13.0. The van der Waals surface area contributed by atoms with E-state index in [1.807, 2.05) is 18.2 Å². The lowest BCUT2D eigenvalue weighted by atomic mass is 10.1. The number of hydrogen-bond donors (Lipinski definition) is 1. The largest absolute Gasteiger partial charge is 0.399 e. The Morgan fingerprint density at radius 2 is 2.05 bits per heavy atom. The minimum absolute atomic E-state index is 0.255. The summed E-state index contributed by atoms with van der Waals surface area (Å²) >= 11 is 0. The summed E-state index contributed by atoms with van der Waals surface area (Å²) in [5.41, 5.74) is 10.6. The van der Waals surface area contributed by atoms with Gasteiger partial charge >= 0.3 is 0 Å². The van der Waals surface area contributed by atoms with E-state index in [-0.39, 0.29) is 6.04 Å². The summed E-state index contributed by atoms with van der Waals surface area (Å²) in [6, 6.07) is 12.7. The standard InChI is InChI=1S/C17H21N3/c1-12(14-6-3-7-15(18)11-14)20(2)17-10-9-13-5-4-8-16(13)19-17/h3,6-7,9-12H,4-5,8,18H2,1-2H3. The van der Waals surface area contributed by atoms with Crippen LogP contribution in [0.4, 0.5) is 11.5 Å². The molecule has 1 aromatic carbocycles. The average molecular weight is 267 g/mol. The number of anilines is 2. The summed E-state index contributed by atoms with van der Waals surface area (Å²) in [5, 5.41) is 0. The summed E-state index contributed by atoms with van der Waals surface area (Å²) in [6.45, 7) is 2.18. The molecule has 1 heterocycles. The lowest BCUT2D eigenvalue weighted by molar-refractivity contribution is 0.726. The van der Waals surface area contributed by atoms with Gasteiger partial charge in [0.15, 0.2) is 0 Å². The zero-order valence-corrected chi connectivity index (χ0v) is 12.1. The van der Waals surface area contributed by atoms with Crippen molar-refractivity contribution in [1.29, 1.82) is 0 Å². The molecule has 0 spiro atoms. The number of aryl methyl sites for hydroxylation is 2. The minimum atomic E-state index is 0.255. The highest BCUT2D eigenvalue weighted by Gasteiger charge is 2.17. The van der Waals surface area contributed by atoms with Gasteiger partial charge < -0.3 is 10.6 Å². The van der Waals surface area contributed by atoms with Gasteiger partial charge in [-0.15, -0.1) is 0 Å². The zero-order chi connectivity index (χ0) is 14.1. The van der Waals surface area contributed by atoms with Crippen LogP contribution in [-0.4, -0.2) is 12.0 Å². The van der Waals surface area contributed by atoms with Gasteiger partial charge in [-0.3, -0.25) is 0 Å². The van der Waals surface area contributed by atoms with Gasteiger partial charge in [-0.05, 0) is 55.5 Å². The van der Waals surface area contributed by atoms with Gasteiger partial charge in [-0.25, -0.2) is 4.98 Å². The average Bonchev–Trinajstić information content (AvgIpc) is 2.93. The van der Waals surface area contributed by atoms with Gasteiger partial charge in [-0.1, -0.05) is 18.2 Å². The third kappa shape index (κ3) is 2.36. The van der Waals surface area contributed by atoms with Crippen molar-refractivity contribution in [3.8, 4) is 0 Å². The molecular formula is C17H21N3. The van der Waals surface area contributed by atoms with Crippen LogP contribution in [0.25, 0.3) is 0 Å². The molecule has 20 heavy (non-hydrogen) atoms. The van der Waals surface area contributed by atoms with Crippen molar-refractivity contribution in [3.63, 3.8) is 0 Å². The van der Waals surface area contributed by atoms with Gasteiger partial charge in [0.05, 0.1) is 6.04 Å². The molecule has 2 N–H and O–H groups in total. The van der Waals surface area contributed by atoms with Gasteiger partial charge in [0.25, 0.3) is 0 Å². The number of pyridine rings is 1. The maximum atomic E-state index is 5.87. The highest BCUT2D eigenvalue weighted by Crippen LogP contribution is 2.28. The monoisotopic (exact) mass is 267 g/mol. The van der Waals surface area contributed by atoms with Crippen LogP contribution >= 0.6 is 0 Å². The van der Waals surface area contributed by atoms with E-state index in [0.29, 0.717) is 0 Å². The number of nitrogen functional groups attached to an aromatic ring is 1. The van der Waals surface area contributed by atoms with Crippen LogP contribution in [0.1, 0.15) is 36.2 Å². The number of benzene rings is 1. The molecule has 3 heteroatoms. The van der Waals surface area contributed by atoms with Gasteiger partial charge in [0.1, 0.15) is 5.82 Å². The number of nitrogens with two attached hydrogens (primary N) is 1. The first-order valence-electron chi connectivity index (χ1n) is 7.22. The molecule has 0 fully saturated rings. The maximum absolute atomic E-state index is 5.87. The molecule has 0 amide bonds. The molecule has 2 aromatic rings. The SMILES string of the molecule is CC(c1cccc(N)c1)N(C)c1ccc2c(n1)CCC2. The summed E-state index contributed by atoms with van der Waals surface area (Å²) < 4.78 is 0. The van der Waals surface area contributed by atoms with Crippen LogP contribution < -0.4 is 10.6 Å². The molecule has 3 nitrogen and oxygen atoms in total. The van der Waals surface area contributed by atoms with Gasteiger partial charge in [0, 0.05) is 18.4 Å². The van der Waals surface area contributed by atoms with Gasteiger partial charge in [0.2, 0.25) is 0 Å². The number of rotatable bonds is 3. The second-order valence-electron chi connectivity index (χ2n) is 5.59. The Kier molecular flexibility index (Phi) is 3.35. The molecule has 0 saturated heterocycles. The molecule has 104 valence electrons. The second-order valence-corrected chi connectivity index (χ2v) is 5.59. The van der Waals surface area contributed by atoms with E-state index in [9.17, 15) is 0 Å². The van der Waals surface area contributed by atoms with Crippen molar-refractivity contribution in [1.82, 2.24) is 4.98 Å². The highest BCUT2D eigenvalue weighted by molar-refractivity contribution is 5.47. The van der Waals surface area contributed by atoms with Gasteiger partial charge in [-0.2, -0.15) is 0 Å². The van der Waals surface area contributed by atoms with E-state index in [2.05, 4.69) is 37.1 Å². The van der Waals surface area contributed by atoms with Crippen LogP contribution in [-0.2, 0) is 12.8 Å². The number of nitrogens with zero attached hydrogens (tertiary/aromatic N) is 2. The lowest BCUT2D eigenvalue weighted by Crippen LogP contribution is -2.23. The van der Waals surface area contributed by atoms with Crippen molar-refractivity contribution in [3.05, 3.63) is 53.2 Å². The van der Waals surface area contributed by atoms with Crippen LogP contribution in [0.5, 0.6) is 0 Å². The normalized spacial score (nSPS) is 14.9. The smallest absolute Gasteiger partial charge is 0.129 e. The summed E-state index contributed by atoms with van der Waals surface area (Å²) in [4.78, 5) is 7.03. The number of hydrogen-bond acceptors (Lipinski definition) is 3. The van der Waals surface area contributed by atoms with E-state index in [1.165, 1.54) is 29.7 Å². The van der Waals surface area contributed by atoms with Crippen LogP contribution in [0.3, 0.4) is 0 Å². The van der Waals surface area contributed by atoms with Crippen molar-refractivity contribution in [2.75, 3.05) is 17.7 Å². The third-order valence-electron chi connectivity index (χ3n) is 4.25. The van der Waals surface area contributed by atoms with Crippen molar-refractivity contribution in [2.24, 2.45) is 0 Å². The summed E-state index contributed by atoms with van der Waals surface area (Å²) in [7, 11) is 2.09. The molecule has 0 saturated carbocycles. The predicted octanol–water partition coefficient (Wildman–Crippen LogP) is 3.35. The quantitative estimate of drug-likeness (QED) is 0.867. The Morgan fingerprint density at radius 1 is 1.20 bits per heavy atom. The third-order valence-corrected chi connectivity index (χ3v) is 4.25. The zero-order valence-electron chi connectivity index (χ0n) is 12.1. The molecule has 3 rings (SSSR count). The topological polar surface area (TPSA) is 42.1 Å². The van der Waals surface area contributed by atoms with E-state index in [0.717, 1.165) is 17.9 Å². The molecule has 0 aliphatic heterocycles. The second kappa shape index (κ2) is 5.16. The lowest BCUT2D eigenvalue weighted by Gasteiger charge is -2.27. The fourth-order valence-corrected chi connectivity index (χ4v) is 2.85. The number of fused-ring (bicyclic) bond motifs is 1. The van der Waals surface area contributed by atoms with Crippen molar-refractivity contribution in [2.45, 2.75) is 32.2 Å². The Labute approximate surface area is 120 Å². The van der Waals surface area contributed by atoms with Crippen molar-refractivity contribution >= 4 is 11.5 Å². The van der Waals surface area contributed by atoms with Crippen molar-refractivity contribution < 1.29 is 0 Å². The number of aromatic nitrogens is 1. The molecule has 1 atom stereocenters. The maximum Gasteiger partial charge on any atom is 0.129 e. The molecule has 1 aliphatic carbocycles. The predicted molar refractivity (Wildman–Crippen MR) is 83.9 cm³/mol. The first-order valence-corrected chi connectivity index (χ1v) is 7.22. The molecule has 0 radical (unpaired) electrons. The highest BCUT2D eigenvalue weighted by atomic mass is 15.2.